The lowest BCUT2D eigenvalue weighted by Gasteiger charge is -2.42. The molecule has 0 saturated carbocycles. The molecule has 7 nitrogen and oxygen atoms in total. The molecule has 1 aromatic heterocycles. The van der Waals surface area contributed by atoms with Gasteiger partial charge in [-0.25, -0.2) is 4.79 Å². The summed E-state index contributed by atoms with van der Waals surface area (Å²) in [4.78, 5) is 36.6. The summed E-state index contributed by atoms with van der Waals surface area (Å²) in [5.41, 5.74) is -0.768. The molecule has 1 amide bonds. The number of carbonyl (C=O) groups excluding carboxylic acids is 1. The van der Waals surface area contributed by atoms with Crippen LogP contribution in [0.5, 0.6) is 0 Å². The Balaban J connectivity index is 2.06. The van der Waals surface area contributed by atoms with E-state index in [0.717, 1.165) is 12.5 Å². The molecule has 2 aliphatic rings. The number of carboxylic acid groups (broad SMARTS) is 1. The van der Waals surface area contributed by atoms with E-state index >= 15 is 0 Å². The summed E-state index contributed by atoms with van der Waals surface area (Å²) in [6.45, 7) is 2.86. The third-order valence-electron chi connectivity index (χ3n) is 3.70. The van der Waals surface area contributed by atoms with Crippen LogP contribution in [0.1, 0.15) is 34.2 Å². The first-order valence-corrected chi connectivity index (χ1v) is 6.41. The van der Waals surface area contributed by atoms with Crippen LogP contribution in [0, 0.1) is 0 Å². The summed E-state index contributed by atoms with van der Waals surface area (Å²) in [6.07, 6.45) is 1.63. The SMILES string of the molecule is CC1CCN2C(=O)c3cc(=O)c(C(=O)O)cn3CC2O1. The number of aromatic carboxylic acids is 1. The normalized spacial score (nSPS) is 25.1. The van der Waals surface area contributed by atoms with Crippen LogP contribution in [0.3, 0.4) is 0 Å². The first-order chi connectivity index (χ1) is 9.47. The number of fused-ring (bicyclic) bond motifs is 2. The van der Waals surface area contributed by atoms with Gasteiger partial charge in [0.1, 0.15) is 11.3 Å². The number of pyridine rings is 1. The molecule has 2 atom stereocenters. The second-order valence-electron chi connectivity index (χ2n) is 5.08. The van der Waals surface area contributed by atoms with Crippen LogP contribution in [0.25, 0.3) is 0 Å². The highest BCUT2D eigenvalue weighted by Crippen LogP contribution is 2.24. The minimum absolute atomic E-state index is 0.0592. The van der Waals surface area contributed by atoms with E-state index in [4.69, 9.17) is 9.84 Å². The van der Waals surface area contributed by atoms with Gasteiger partial charge in [-0.15, -0.1) is 0 Å². The zero-order valence-corrected chi connectivity index (χ0v) is 10.9. The van der Waals surface area contributed by atoms with Crippen LogP contribution in [-0.4, -0.2) is 45.3 Å². The van der Waals surface area contributed by atoms with Gasteiger partial charge in [0.05, 0.1) is 12.6 Å². The van der Waals surface area contributed by atoms with Gasteiger partial charge in [0.2, 0.25) is 0 Å². The van der Waals surface area contributed by atoms with Gasteiger partial charge in [0, 0.05) is 18.8 Å². The van der Waals surface area contributed by atoms with Gasteiger partial charge < -0.3 is 19.3 Å². The first kappa shape index (κ1) is 12.9. The Bertz CT molecular complexity index is 651. The maximum atomic E-state index is 12.3. The van der Waals surface area contributed by atoms with E-state index in [9.17, 15) is 14.4 Å². The lowest BCUT2D eigenvalue weighted by molar-refractivity contribution is -0.127. The Morgan fingerprint density at radius 1 is 1.45 bits per heavy atom. The zero-order chi connectivity index (χ0) is 14.4. The number of carboxylic acids is 1. The highest BCUT2D eigenvalue weighted by Gasteiger charge is 2.37. The molecule has 1 aromatic rings. The molecule has 106 valence electrons. The molecule has 1 fully saturated rings. The molecule has 2 aliphatic heterocycles. The lowest BCUT2D eigenvalue weighted by Crippen LogP contribution is -2.54. The molecule has 0 aromatic carbocycles. The monoisotopic (exact) mass is 278 g/mol. The van der Waals surface area contributed by atoms with Gasteiger partial charge in [0.25, 0.3) is 5.91 Å². The van der Waals surface area contributed by atoms with Crippen molar-refractivity contribution in [2.45, 2.75) is 32.2 Å². The predicted octanol–water partition coefficient (Wildman–Crippen LogP) is 0.137. The van der Waals surface area contributed by atoms with Gasteiger partial charge in [0.15, 0.2) is 11.7 Å². The minimum atomic E-state index is -1.29. The number of hydrogen-bond acceptors (Lipinski definition) is 4. The molecule has 7 heteroatoms. The second kappa shape index (κ2) is 4.45. The summed E-state index contributed by atoms with van der Waals surface area (Å²) in [7, 11) is 0. The Morgan fingerprint density at radius 2 is 2.20 bits per heavy atom. The fourth-order valence-corrected chi connectivity index (χ4v) is 2.63. The van der Waals surface area contributed by atoms with Crippen LogP contribution < -0.4 is 5.43 Å². The van der Waals surface area contributed by atoms with Crippen LogP contribution in [0.15, 0.2) is 17.1 Å². The molecule has 0 bridgehead atoms. The van der Waals surface area contributed by atoms with Crippen molar-refractivity contribution in [3.8, 4) is 0 Å². The molecule has 20 heavy (non-hydrogen) atoms. The van der Waals surface area contributed by atoms with E-state index in [1.807, 2.05) is 6.92 Å². The average Bonchev–Trinajstić information content (AvgIpc) is 2.39. The highest BCUT2D eigenvalue weighted by molar-refractivity contribution is 5.95. The fraction of sp³-hybridized carbons (Fsp3) is 0.462. The third kappa shape index (κ3) is 1.90. The van der Waals surface area contributed by atoms with E-state index in [1.54, 1.807) is 4.90 Å². The molecule has 0 spiro atoms. The zero-order valence-electron chi connectivity index (χ0n) is 10.9. The topological polar surface area (TPSA) is 88.8 Å². The van der Waals surface area contributed by atoms with E-state index in [2.05, 4.69) is 0 Å². The second-order valence-corrected chi connectivity index (χ2v) is 5.08. The van der Waals surface area contributed by atoms with Crippen molar-refractivity contribution in [3.63, 3.8) is 0 Å². The third-order valence-corrected chi connectivity index (χ3v) is 3.70. The summed E-state index contributed by atoms with van der Waals surface area (Å²) in [5.74, 6) is -1.58. The highest BCUT2D eigenvalue weighted by atomic mass is 16.5. The van der Waals surface area contributed by atoms with E-state index in [1.165, 1.54) is 10.8 Å². The predicted molar refractivity (Wildman–Crippen MR) is 67.6 cm³/mol. The van der Waals surface area contributed by atoms with Crippen molar-refractivity contribution in [3.05, 3.63) is 33.7 Å². The number of hydrogen-bond donors (Lipinski definition) is 1. The van der Waals surface area contributed by atoms with Crippen molar-refractivity contribution in [2.24, 2.45) is 0 Å². The van der Waals surface area contributed by atoms with Crippen LogP contribution >= 0.6 is 0 Å². The molecule has 1 saturated heterocycles. The standard InChI is InChI=1S/C13H14N2O5/c1-7-2-3-15-11(20-7)6-14-5-8(13(18)19)10(16)4-9(14)12(15)17/h4-5,7,11H,2-3,6H2,1H3,(H,18,19). The van der Waals surface area contributed by atoms with Crippen LogP contribution in [0.2, 0.25) is 0 Å². The van der Waals surface area contributed by atoms with Gasteiger partial charge in [-0.1, -0.05) is 0 Å². The Labute approximate surface area is 114 Å². The summed E-state index contributed by atoms with van der Waals surface area (Å²) in [6, 6.07) is 1.10. The van der Waals surface area contributed by atoms with Gasteiger partial charge in [-0.3, -0.25) is 9.59 Å². The Kier molecular flexibility index (Phi) is 2.86. The van der Waals surface area contributed by atoms with Crippen molar-refractivity contribution in [2.75, 3.05) is 6.54 Å². The van der Waals surface area contributed by atoms with Crippen molar-refractivity contribution < 1.29 is 19.4 Å². The molecule has 0 aliphatic carbocycles. The quantitative estimate of drug-likeness (QED) is 0.789. The average molecular weight is 278 g/mol. The number of carbonyl (C=O) groups is 2. The van der Waals surface area contributed by atoms with Crippen LogP contribution in [-0.2, 0) is 11.3 Å². The molecule has 1 N–H and O–H groups in total. The van der Waals surface area contributed by atoms with Crippen molar-refractivity contribution in [1.29, 1.82) is 0 Å². The number of rotatable bonds is 1. The Morgan fingerprint density at radius 3 is 2.90 bits per heavy atom. The largest absolute Gasteiger partial charge is 0.477 e. The smallest absolute Gasteiger partial charge is 0.341 e. The maximum absolute atomic E-state index is 12.3. The lowest BCUT2D eigenvalue weighted by atomic mass is 10.1. The Hall–Kier alpha value is -2.15. The first-order valence-electron chi connectivity index (χ1n) is 6.41. The van der Waals surface area contributed by atoms with Gasteiger partial charge >= 0.3 is 5.97 Å². The maximum Gasteiger partial charge on any atom is 0.341 e. The minimum Gasteiger partial charge on any atom is -0.477 e. The molecule has 2 unspecified atom stereocenters. The summed E-state index contributed by atoms with van der Waals surface area (Å²) >= 11 is 0. The molecule has 0 radical (unpaired) electrons. The van der Waals surface area contributed by atoms with Crippen LogP contribution in [0.4, 0.5) is 0 Å². The van der Waals surface area contributed by atoms with E-state index < -0.39 is 17.6 Å². The molecular weight excluding hydrogens is 264 g/mol. The molecular formula is C13H14N2O5. The summed E-state index contributed by atoms with van der Waals surface area (Å²) < 4.78 is 7.20. The number of aromatic nitrogens is 1. The molecule has 3 rings (SSSR count). The van der Waals surface area contributed by atoms with Gasteiger partial charge in [-0.05, 0) is 13.3 Å². The van der Waals surface area contributed by atoms with Crippen molar-refractivity contribution in [1.82, 2.24) is 9.47 Å². The van der Waals surface area contributed by atoms with Gasteiger partial charge in [-0.2, -0.15) is 0 Å². The van der Waals surface area contributed by atoms with E-state index in [-0.39, 0.29) is 23.3 Å². The van der Waals surface area contributed by atoms with Crippen molar-refractivity contribution >= 4 is 11.9 Å². The number of ether oxygens (including phenoxy) is 1. The fourth-order valence-electron chi connectivity index (χ4n) is 2.63. The number of amides is 1. The number of nitrogens with zero attached hydrogens (tertiary/aromatic N) is 2. The summed E-state index contributed by atoms with van der Waals surface area (Å²) in [5, 5.41) is 8.97. The van der Waals surface area contributed by atoms with E-state index in [0.29, 0.717) is 13.1 Å². The molecule has 3 heterocycles.